The van der Waals surface area contributed by atoms with Crippen molar-refractivity contribution in [1.82, 2.24) is 19.8 Å². The van der Waals surface area contributed by atoms with Gasteiger partial charge in [0.15, 0.2) is 0 Å². The van der Waals surface area contributed by atoms with Crippen LogP contribution in [0.25, 0.3) is 0 Å². The normalized spacial score (nSPS) is 17.6. The summed E-state index contributed by atoms with van der Waals surface area (Å²) < 4.78 is 5.75. The number of ether oxygens (including phenoxy) is 1. The largest absolute Gasteiger partial charge is 0.492 e. The lowest BCUT2D eigenvalue weighted by Crippen LogP contribution is -2.61. The molecule has 3 heterocycles. The number of nitrogens with one attached hydrogen (secondary N) is 2. The van der Waals surface area contributed by atoms with Gasteiger partial charge in [0, 0.05) is 31.9 Å². The predicted octanol–water partition coefficient (Wildman–Crippen LogP) is 2.64. The van der Waals surface area contributed by atoms with Gasteiger partial charge in [-0.25, -0.2) is 4.98 Å². The van der Waals surface area contributed by atoms with E-state index in [0.29, 0.717) is 55.0 Å². The zero-order chi connectivity index (χ0) is 24.3. The smallest absolute Gasteiger partial charge is 0.272 e. The summed E-state index contributed by atoms with van der Waals surface area (Å²) in [7, 11) is 0. The number of carbonyl (C=O) groups excluding carboxylic acids is 2. The van der Waals surface area contributed by atoms with Crippen LogP contribution in [0.5, 0.6) is 5.75 Å². The molecule has 9 heteroatoms. The van der Waals surface area contributed by atoms with Gasteiger partial charge < -0.3 is 24.8 Å². The van der Waals surface area contributed by atoms with E-state index in [9.17, 15) is 14.4 Å². The van der Waals surface area contributed by atoms with E-state index in [1.807, 2.05) is 18.7 Å². The minimum atomic E-state index is -0.549. The summed E-state index contributed by atoms with van der Waals surface area (Å²) in [5, 5.41) is 2.78. The molecule has 0 radical (unpaired) electrons. The quantitative estimate of drug-likeness (QED) is 0.609. The zero-order valence-electron chi connectivity index (χ0n) is 19.7. The third kappa shape index (κ3) is 5.30. The molecule has 2 amide bonds. The Kier molecular flexibility index (Phi) is 6.72. The van der Waals surface area contributed by atoms with Gasteiger partial charge in [-0.3, -0.25) is 14.4 Å². The van der Waals surface area contributed by atoms with Crippen LogP contribution in [-0.4, -0.2) is 63.4 Å². The summed E-state index contributed by atoms with van der Waals surface area (Å²) in [6, 6.07) is 6.37. The van der Waals surface area contributed by atoms with Crippen LogP contribution in [0.2, 0.25) is 0 Å². The number of piperazine rings is 1. The summed E-state index contributed by atoms with van der Waals surface area (Å²) in [4.78, 5) is 47.5. The third-order valence-corrected chi connectivity index (χ3v) is 6.51. The molecule has 2 aromatic rings. The van der Waals surface area contributed by atoms with Crippen LogP contribution >= 0.6 is 0 Å². The maximum absolute atomic E-state index is 13.0. The van der Waals surface area contributed by atoms with Crippen LogP contribution in [0.3, 0.4) is 0 Å². The van der Waals surface area contributed by atoms with E-state index in [4.69, 9.17) is 4.74 Å². The van der Waals surface area contributed by atoms with Crippen molar-refractivity contribution in [2.45, 2.75) is 38.6 Å². The number of carbonyl (C=O) groups is 2. The highest BCUT2D eigenvalue weighted by Gasteiger charge is 2.38. The Balaban J connectivity index is 1.32. The standard InChI is InChI=1S/C25H31N5O4/c1-17(23(32)28-21-9-8-20(14-26-21)34-15-18-5-4-6-18)29-11-12-30(25(2,3)16-29)24(33)19-7-10-22(31)27-13-19/h7-10,13-14,18H,1,4-6,11-12,15-16H2,2-3H3,(H,27,31)(H,26,28,32). The van der Waals surface area contributed by atoms with Crippen LogP contribution in [0.15, 0.2) is 53.7 Å². The van der Waals surface area contributed by atoms with Gasteiger partial charge >= 0.3 is 0 Å². The highest BCUT2D eigenvalue weighted by Crippen LogP contribution is 2.27. The van der Waals surface area contributed by atoms with Crippen LogP contribution in [-0.2, 0) is 4.79 Å². The van der Waals surface area contributed by atoms with Gasteiger partial charge in [0.1, 0.15) is 11.6 Å². The Bertz CT molecular complexity index is 1100. The summed E-state index contributed by atoms with van der Waals surface area (Å²) in [6.07, 6.45) is 6.75. The monoisotopic (exact) mass is 465 g/mol. The van der Waals surface area contributed by atoms with E-state index in [1.165, 1.54) is 37.6 Å². The minimum Gasteiger partial charge on any atom is -0.492 e. The number of hydrogen-bond donors (Lipinski definition) is 2. The Hall–Kier alpha value is -3.62. The lowest BCUT2D eigenvalue weighted by molar-refractivity contribution is -0.114. The SMILES string of the molecule is C=C(C(=O)Nc1ccc(OCC2CCC2)cn1)N1CCN(C(=O)c2ccc(=O)[nH]c2)C(C)(C)C1. The number of hydrogen-bond acceptors (Lipinski definition) is 6. The van der Waals surface area contributed by atoms with E-state index in [0.717, 1.165) is 0 Å². The fraction of sp³-hybridized carbons (Fsp3) is 0.440. The molecule has 9 nitrogen and oxygen atoms in total. The van der Waals surface area contributed by atoms with Crippen LogP contribution in [0, 0.1) is 5.92 Å². The third-order valence-electron chi connectivity index (χ3n) is 6.51. The Morgan fingerprint density at radius 3 is 2.62 bits per heavy atom. The first-order valence-corrected chi connectivity index (χ1v) is 11.6. The van der Waals surface area contributed by atoms with Crippen molar-refractivity contribution in [2.75, 3.05) is 31.6 Å². The second kappa shape index (κ2) is 9.70. The Morgan fingerprint density at radius 1 is 1.24 bits per heavy atom. The molecule has 1 aliphatic heterocycles. The Labute approximate surface area is 198 Å². The van der Waals surface area contributed by atoms with Crippen LogP contribution in [0.1, 0.15) is 43.5 Å². The van der Waals surface area contributed by atoms with E-state index in [1.54, 1.807) is 23.2 Å². The highest BCUT2D eigenvalue weighted by atomic mass is 16.5. The molecule has 1 aliphatic carbocycles. The average molecular weight is 466 g/mol. The molecule has 1 saturated heterocycles. The predicted molar refractivity (Wildman–Crippen MR) is 129 cm³/mol. The molecule has 2 aromatic heterocycles. The van der Waals surface area contributed by atoms with Gasteiger partial charge in [0.2, 0.25) is 5.56 Å². The van der Waals surface area contributed by atoms with Gasteiger partial charge in [-0.2, -0.15) is 0 Å². The van der Waals surface area contributed by atoms with Crippen molar-refractivity contribution >= 4 is 17.6 Å². The summed E-state index contributed by atoms with van der Waals surface area (Å²) >= 11 is 0. The topological polar surface area (TPSA) is 108 Å². The van der Waals surface area contributed by atoms with Crippen molar-refractivity contribution in [3.63, 3.8) is 0 Å². The van der Waals surface area contributed by atoms with Gasteiger partial charge in [-0.05, 0) is 50.8 Å². The first kappa shape index (κ1) is 23.5. The molecule has 0 unspecified atom stereocenters. The van der Waals surface area contributed by atoms with Crippen LogP contribution < -0.4 is 15.6 Å². The molecule has 0 bridgehead atoms. The first-order valence-electron chi connectivity index (χ1n) is 11.6. The molecule has 2 N–H and O–H groups in total. The van der Waals surface area contributed by atoms with Crippen molar-refractivity contribution in [2.24, 2.45) is 5.92 Å². The fourth-order valence-electron chi connectivity index (χ4n) is 4.21. The van der Waals surface area contributed by atoms with Crippen molar-refractivity contribution < 1.29 is 14.3 Å². The molecule has 2 aliphatic rings. The first-order chi connectivity index (χ1) is 16.2. The maximum atomic E-state index is 13.0. The number of nitrogens with zero attached hydrogens (tertiary/aromatic N) is 3. The van der Waals surface area contributed by atoms with Gasteiger partial charge in [-0.1, -0.05) is 13.0 Å². The number of rotatable bonds is 7. The average Bonchev–Trinajstić information content (AvgIpc) is 2.78. The number of aromatic nitrogens is 2. The number of pyridine rings is 2. The van der Waals surface area contributed by atoms with E-state index in [-0.39, 0.29) is 17.4 Å². The molecule has 34 heavy (non-hydrogen) atoms. The molecule has 180 valence electrons. The summed E-state index contributed by atoms with van der Waals surface area (Å²) in [5.74, 6) is 1.24. The van der Waals surface area contributed by atoms with Gasteiger partial charge in [0.05, 0.1) is 29.6 Å². The van der Waals surface area contributed by atoms with Gasteiger partial charge in [-0.15, -0.1) is 0 Å². The molecule has 0 atom stereocenters. The van der Waals surface area contributed by atoms with Crippen molar-refractivity contribution in [1.29, 1.82) is 0 Å². The fourth-order valence-corrected chi connectivity index (χ4v) is 4.21. The van der Waals surface area contributed by atoms with E-state index in [2.05, 4.69) is 21.9 Å². The molecular weight excluding hydrogens is 434 g/mol. The Morgan fingerprint density at radius 2 is 2.03 bits per heavy atom. The molecule has 0 spiro atoms. The second-order valence-electron chi connectivity index (χ2n) is 9.52. The van der Waals surface area contributed by atoms with E-state index >= 15 is 0 Å². The summed E-state index contributed by atoms with van der Waals surface area (Å²) in [5.41, 5.74) is -0.0692. The lowest BCUT2D eigenvalue weighted by Gasteiger charge is -2.48. The highest BCUT2D eigenvalue weighted by molar-refractivity contribution is 6.02. The number of H-pyrrole nitrogens is 1. The number of amides is 2. The maximum Gasteiger partial charge on any atom is 0.272 e. The van der Waals surface area contributed by atoms with Gasteiger partial charge in [0.25, 0.3) is 11.8 Å². The summed E-state index contributed by atoms with van der Waals surface area (Å²) in [6.45, 7) is 9.89. The lowest BCUT2D eigenvalue weighted by atomic mass is 9.86. The molecule has 0 aromatic carbocycles. The molecule has 2 fully saturated rings. The second-order valence-corrected chi connectivity index (χ2v) is 9.52. The van der Waals surface area contributed by atoms with Crippen molar-refractivity contribution in [3.05, 3.63) is 64.9 Å². The number of aromatic amines is 1. The minimum absolute atomic E-state index is 0.167. The van der Waals surface area contributed by atoms with Crippen molar-refractivity contribution in [3.8, 4) is 5.75 Å². The zero-order valence-corrected chi connectivity index (χ0v) is 19.7. The molecule has 1 saturated carbocycles. The molecular formula is C25H31N5O4. The molecule has 4 rings (SSSR count). The number of anilines is 1. The van der Waals surface area contributed by atoms with E-state index < -0.39 is 5.54 Å². The van der Waals surface area contributed by atoms with Crippen LogP contribution in [0.4, 0.5) is 5.82 Å².